The number of carbonyl (C=O) groups excluding carboxylic acids is 1. The summed E-state index contributed by atoms with van der Waals surface area (Å²) in [6, 6.07) is 3.70. The van der Waals surface area contributed by atoms with Crippen molar-refractivity contribution in [3.05, 3.63) is 36.4 Å². The van der Waals surface area contributed by atoms with Gasteiger partial charge in [0.25, 0.3) is 0 Å². The van der Waals surface area contributed by atoms with Gasteiger partial charge in [0, 0.05) is 6.20 Å². The zero-order chi connectivity index (χ0) is 11.7. The van der Waals surface area contributed by atoms with Crippen molar-refractivity contribution in [1.29, 1.82) is 0 Å². The molecule has 0 radical (unpaired) electrons. The number of carbonyl (C=O) groups is 1. The maximum Gasteiger partial charge on any atom is 0.326 e. The van der Waals surface area contributed by atoms with Crippen LogP contribution in [0, 0.1) is 0 Å². The van der Waals surface area contributed by atoms with Crippen molar-refractivity contribution in [2.75, 3.05) is 0 Å². The first-order valence-corrected chi connectivity index (χ1v) is 5.32. The Kier molecular flexibility index (Phi) is 2.60. The van der Waals surface area contributed by atoms with Crippen molar-refractivity contribution < 1.29 is 4.79 Å². The SMILES string of the molecule is C=C(N)N[C@@H]1c2cccn2C(=O)N[C@H]1CC. The molecule has 16 heavy (non-hydrogen) atoms. The molecule has 4 N–H and O–H groups in total. The van der Waals surface area contributed by atoms with Crippen LogP contribution in [0.5, 0.6) is 0 Å². The van der Waals surface area contributed by atoms with Crippen molar-refractivity contribution in [3.63, 3.8) is 0 Å². The minimum atomic E-state index is -0.0902. The van der Waals surface area contributed by atoms with Gasteiger partial charge < -0.3 is 16.4 Å². The van der Waals surface area contributed by atoms with E-state index in [2.05, 4.69) is 17.2 Å². The lowest BCUT2D eigenvalue weighted by molar-refractivity contribution is 0.224. The average Bonchev–Trinajstić information content (AvgIpc) is 2.70. The molecular formula is C11H16N4O. The maximum atomic E-state index is 11.7. The largest absolute Gasteiger partial charge is 0.386 e. The van der Waals surface area contributed by atoms with Gasteiger partial charge in [0.2, 0.25) is 0 Å². The van der Waals surface area contributed by atoms with Gasteiger partial charge in [0.1, 0.15) is 0 Å². The standard InChI is InChI=1S/C11H16N4O/c1-3-8-10(13-7(2)12)9-5-4-6-15(9)11(16)14-8/h4-6,8,10,13H,2-3,12H2,1H3,(H,14,16)/t8-,10-/m0/s1. The van der Waals surface area contributed by atoms with E-state index >= 15 is 0 Å². The second kappa shape index (κ2) is 3.92. The smallest absolute Gasteiger partial charge is 0.326 e. The third-order valence-electron chi connectivity index (χ3n) is 2.81. The third-order valence-corrected chi connectivity index (χ3v) is 2.81. The highest BCUT2D eigenvalue weighted by Crippen LogP contribution is 2.24. The van der Waals surface area contributed by atoms with Crippen LogP contribution in [0.1, 0.15) is 25.1 Å². The molecule has 0 saturated heterocycles. The van der Waals surface area contributed by atoms with Gasteiger partial charge in [-0.05, 0) is 18.6 Å². The molecule has 1 aromatic heterocycles. The molecular weight excluding hydrogens is 204 g/mol. The molecule has 0 saturated carbocycles. The molecule has 2 heterocycles. The van der Waals surface area contributed by atoms with Crippen LogP contribution in [0.25, 0.3) is 0 Å². The summed E-state index contributed by atoms with van der Waals surface area (Å²) in [5, 5.41) is 6.02. The molecule has 5 nitrogen and oxygen atoms in total. The zero-order valence-electron chi connectivity index (χ0n) is 9.23. The van der Waals surface area contributed by atoms with E-state index in [1.165, 1.54) is 0 Å². The van der Waals surface area contributed by atoms with E-state index in [1.54, 1.807) is 10.8 Å². The molecule has 1 aliphatic rings. The molecule has 2 rings (SSSR count). The number of nitrogens with two attached hydrogens (primary N) is 1. The number of amides is 1. The van der Waals surface area contributed by atoms with Crippen LogP contribution in [0.3, 0.4) is 0 Å². The second-order valence-corrected chi connectivity index (χ2v) is 3.91. The van der Waals surface area contributed by atoms with Gasteiger partial charge >= 0.3 is 6.03 Å². The monoisotopic (exact) mass is 220 g/mol. The van der Waals surface area contributed by atoms with Crippen LogP contribution in [-0.4, -0.2) is 16.6 Å². The number of rotatable bonds is 3. The normalized spacial score (nSPS) is 23.4. The maximum absolute atomic E-state index is 11.7. The van der Waals surface area contributed by atoms with Crippen molar-refractivity contribution in [2.24, 2.45) is 5.73 Å². The molecule has 1 aromatic rings. The minimum Gasteiger partial charge on any atom is -0.386 e. The van der Waals surface area contributed by atoms with Gasteiger partial charge in [-0.25, -0.2) is 4.79 Å². The van der Waals surface area contributed by atoms with Gasteiger partial charge in [0.05, 0.1) is 23.6 Å². The Bertz CT molecular complexity index is 423. The number of hydrogen-bond acceptors (Lipinski definition) is 3. The summed E-state index contributed by atoms with van der Waals surface area (Å²) in [6.07, 6.45) is 2.58. The van der Waals surface area contributed by atoms with E-state index in [-0.39, 0.29) is 18.1 Å². The molecule has 0 bridgehead atoms. The van der Waals surface area contributed by atoms with Crippen molar-refractivity contribution in [3.8, 4) is 0 Å². The quantitative estimate of drug-likeness (QED) is 0.708. The highest BCUT2D eigenvalue weighted by Gasteiger charge is 2.31. The number of fused-ring (bicyclic) bond motifs is 1. The molecule has 1 aliphatic heterocycles. The second-order valence-electron chi connectivity index (χ2n) is 3.91. The summed E-state index contributed by atoms with van der Waals surface area (Å²) < 4.78 is 1.59. The van der Waals surface area contributed by atoms with Gasteiger partial charge in [-0.3, -0.25) is 4.57 Å². The van der Waals surface area contributed by atoms with E-state index in [0.717, 1.165) is 12.1 Å². The molecule has 5 heteroatoms. The lowest BCUT2D eigenvalue weighted by Crippen LogP contribution is -2.51. The van der Waals surface area contributed by atoms with Gasteiger partial charge in [-0.1, -0.05) is 13.5 Å². The lowest BCUT2D eigenvalue weighted by Gasteiger charge is -2.33. The van der Waals surface area contributed by atoms with Crippen LogP contribution >= 0.6 is 0 Å². The summed E-state index contributed by atoms with van der Waals surface area (Å²) in [5.74, 6) is 0.410. The van der Waals surface area contributed by atoms with Crippen molar-refractivity contribution >= 4 is 6.03 Å². The van der Waals surface area contributed by atoms with Crippen molar-refractivity contribution in [2.45, 2.75) is 25.4 Å². The molecule has 0 spiro atoms. The highest BCUT2D eigenvalue weighted by atomic mass is 16.2. The fourth-order valence-electron chi connectivity index (χ4n) is 2.06. The molecule has 86 valence electrons. The van der Waals surface area contributed by atoms with E-state index in [4.69, 9.17) is 5.73 Å². The molecule has 2 atom stereocenters. The Morgan fingerprint density at radius 1 is 1.75 bits per heavy atom. The topological polar surface area (TPSA) is 72.1 Å². The van der Waals surface area contributed by atoms with Gasteiger partial charge in [-0.2, -0.15) is 0 Å². The third kappa shape index (κ3) is 1.64. The summed E-state index contributed by atoms with van der Waals surface area (Å²) in [5.41, 5.74) is 6.49. The average molecular weight is 220 g/mol. The zero-order valence-corrected chi connectivity index (χ0v) is 9.23. The van der Waals surface area contributed by atoms with E-state index in [1.807, 2.05) is 19.1 Å². The first-order valence-electron chi connectivity index (χ1n) is 5.32. The fourth-order valence-corrected chi connectivity index (χ4v) is 2.06. The fraction of sp³-hybridized carbons (Fsp3) is 0.364. The Balaban J connectivity index is 2.36. The van der Waals surface area contributed by atoms with Crippen LogP contribution in [0.4, 0.5) is 4.79 Å². The van der Waals surface area contributed by atoms with Crippen molar-refractivity contribution in [1.82, 2.24) is 15.2 Å². The minimum absolute atomic E-state index is 0.0183. The van der Waals surface area contributed by atoms with E-state index in [0.29, 0.717) is 5.82 Å². The first-order chi connectivity index (χ1) is 7.63. The first kappa shape index (κ1) is 10.6. The van der Waals surface area contributed by atoms with Crippen LogP contribution in [0.2, 0.25) is 0 Å². The summed E-state index contributed by atoms with van der Waals surface area (Å²) >= 11 is 0. The molecule has 0 aromatic carbocycles. The molecule has 1 amide bonds. The molecule has 0 aliphatic carbocycles. The highest BCUT2D eigenvalue weighted by molar-refractivity contribution is 5.79. The number of aromatic nitrogens is 1. The Morgan fingerprint density at radius 2 is 2.50 bits per heavy atom. The van der Waals surface area contributed by atoms with E-state index in [9.17, 15) is 4.79 Å². The van der Waals surface area contributed by atoms with Gasteiger partial charge in [-0.15, -0.1) is 0 Å². The summed E-state index contributed by atoms with van der Waals surface area (Å²) in [7, 11) is 0. The molecule has 0 fully saturated rings. The predicted molar refractivity (Wildman–Crippen MR) is 61.6 cm³/mol. The number of nitrogens with one attached hydrogen (secondary N) is 2. The van der Waals surface area contributed by atoms with Crippen LogP contribution in [0.15, 0.2) is 30.7 Å². The summed E-state index contributed by atoms with van der Waals surface area (Å²) in [4.78, 5) is 11.7. The summed E-state index contributed by atoms with van der Waals surface area (Å²) in [6.45, 7) is 5.66. The van der Waals surface area contributed by atoms with Gasteiger partial charge in [0.15, 0.2) is 0 Å². The van der Waals surface area contributed by atoms with E-state index < -0.39 is 0 Å². The van der Waals surface area contributed by atoms with Crippen LogP contribution in [-0.2, 0) is 0 Å². The number of hydrogen-bond donors (Lipinski definition) is 3. The Morgan fingerprint density at radius 3 is 3.12 bits per heavy atom. The number of nitrogens with zero attached hydrogens (tertiary/aromatic N) is 1. The predicted octanol–water partition coefficient (Wildman–Crippen LogP) is 0.899. The van der Waals surface area contributed by atoms with Crippen LogP contribution < -0.4 is 16.4 Å². The molecule has 0 unspecified atom stereocenters. The Hall–Kier alpha value is -1.91. The Labute approximate surface area is 94.3 Å². The lowest BCUT2D eigenvalue weighted by atomic mass is 10.0.